The van der Waals surface area contributed by atoms with Crippen molar-refractivity contribution in [2.45, 2.75) is 130 Å². The smallest absolute Gasteiger partial charge is 0.184 e. The zero-order valence-electron chi connectivity index (χ0n) is 20.7. The second-order valence-corrected chi connectivity index (χ2v) is 10.0. The highest BCUT2D eigenvalue weighted by Crippen LogP contribution is 2.31. The molecular formula is C26H52O4. The summed E-state index contributed by atoms with van der Waals surface area (Å²) in [6.45, 7) is 11.4. The molecule has 0 radical (unpaired) electrons. The van der Waals surface area contributed by atoms with E-state index in [2.05, 4.69) is 20.8 Å². The van der Waals surface area contributed by atoms with E-state index in [-0.39, 0.29) is 24.5 Å². The van der Waals surface area contributed by atoms with Crippen molar-refractivity contribution in [2.24, 2.45) is 23.7 Å². The van der Waals surface area contributed by atoms with Crippen LogP contribution in [0.1, 0.15) is 112 Å². The minimum atomic E-state index is -0.628. The van der Waals surface area contributed by atoms with Crippen molar-refractivity contribution in [3.8, 4) is 0 Å². The monoisotopic (exact) mass is 428 g/mol. The van der Waals surface area contributed by atoms with Gasteiger partial charge in [0.05, 0.1) is 19.3 Å². The maximum absolute atomic E-state index is 10.5. The fourth-order valence-corrected chi connectivity index (χ4v) is 4.45. The van der Waals surface area contributed by atoms with Crippen LogP contribution in [0, 0.1) is 23.7 Å². The van der Waals surface area contributed by atoms with Crippen molar-refractivity contribution in [1.82, 2.24) is 0 Å². The molecule has 1 fully saturated rings. The molecule has 4 unspecified atom stereocenters. The number of unbranched alkanes of at least 4 members (excludes halogenated alkanes) is 10. The van der Waals surface area contributed by atoms with Crippen LogP contribution >= 0.6 is 0 Å². The molecule has 0 spiro atoms. The van der Waals surface area contributed by atoms with Gasteiger partial charge in [-0.2, -0.15) is 0 Å². The lowest BCUT2D eigenvalue weighted by molar-refractivity contribution is -0.278. The minimum absolute atomic E-state index is 0.0249. The van der Waals surface area contributed by atoms with E-state index in [0.717, 1.165) is 0 Å². The molecule has 180 valence electrons. The van der Waals surface area contributed by atoms with E-state index in [4.69, 9.17) is 9.47 Å². The quantitative estimate of drug-likeness (QED) is 0.266. The fourth-order valence-electron chi connectivity index (χ4n) is 4.45. The number of rotatable bonds is 17. The molecule has 1 heterocycles. The van der Waals surface area contributed by atoms with Gasteiger partial charge in [-0.15, -0.1) is 0 Å². The summed E-state index contributed by atoms with van der Waals surface area (Å²) in [5, 5.41) is 20.0. The third kappa shape index (κ3) is 10.4. The van der Waals surface area contributed by atoms with Crippen LogP contribution in [0.25, 0.3) is 0 Å². The summed E-state index contributed by atoms with van der Waals surface area (Å²) >= 11 is 0. The minimum Gasteiger partial charge on any atom is -0.394 e. The zero-order chi connectivity index (χ0) is 22.4. The molecule has 0 aromatic rings. The van der Waals surface area contributed by atoms with Gasteiger partial charge < -0.3 is 19.7 Å². The average molecular weight is 429 g/mol. The van der Waals surface area contributed by atoms with Gasteiger partial charge in [0.25, 0.3) is 0 Å². The highest BCUT2D eigenvalue weighted by molar-refractivity contribution is 4.84. The summed E-state index contributed by atoms with van der Waals surface area (Å²) in [6.07, 6.45) is 15.0. The van der Waals surface area contributed by atoms with Gasteiger partial charge in [-0.1, -0.05) is 112 Å². The Labute approximate surface area is 187 Å². The molecule has 0 bridgehead atoms. The molecule has 0 saturated carbocycles. The van der Waals surface area contributed by atoms with Crippen molar-refractivity contribution in [1.29, 1.82) is 0 Å². The average Bonchev–Trinajstić information content (AvgIpc) is 2.75. The molecule has 4 heteroatoms. The number of hydrogen-bond donors (Lipinski definition) is 2. The highest BCUT2D eigenvalue weighted by Gasteiger charge is 2.41. The largest absolute Gasteiger partial charge is 0.394 e. The van der Waals surface area contributed by atoms with Gasteiger partial charge in [0.2, 0.25) is 0 Å². The van der Waals surface area contributed by atoms with E-state index in [1.54, 1.807) is 0 Å². The van der Waals surface area contributed by atoms with Crippen molar-refractivity contribution in [3.05, 3.63) is 0 Å². The number of aliphatic hydroxyl groups is 2. The molecule has 1 saturated heterocycles. The molecule has 0 amide bonds. The van der Waals surface area contributed by atoms with Crippen LogP contribution in [0.4, 0.5) is 0 Å². The maximum atomic E-state index is 10.5. The Morgan fingerprint density at radius 2 is 1.33 bits per heavy atom. The SMILES string of the molecule is CCCCCCCCCCCCC[C@@H](C)C(C)CO[C@H]1OC(CO)[C@H](C)C(C)C1O. The third-order valence-corrected chi connectivity index (χ3v) is 7.48. The van der Waals surface area contributed by atoms with E-state index in [0.29, 0.717) is 18.4 Å². The Morgan fingerprint density at radius 1 is 0.800 bits per heavy atom. The lowest BCUT2D eigenvalue weighted by Crippen LogP contribution is -2.51. The number of ether oxygens (including phenoxy) is 2. The maximum Gasteiger partial charge on any atom is 0.184 e. The van der Waals surface area contributed by atoms with Gasteiger partial charge in [-0.05, 0) is 23.7 Å². The Hall–Kier alpha value is -0.160. The molecule has 0 aliphatic carbocycles. The summed E-state index contributed by atoms with van der Waals surface area (Å²) in [7, 11) is 0. The van der Waals surface area contributed by atoms with Gasteiger partial charge in [-0.3, -0.25) is 0 Å². The lowest BCUT2D eigenvalue weighted by atomic mass is 9.84. The van der Waals surface area contributed by atoms with Crippen LogP contribution in [0.15, 0.2) is 0 Å². The van der Waals surface area contributed by atoms with E-state index in [1.807, 2.05) is 13.8 Å². The Balaban J connectivity index is 2.09. The third-order valence-electron chi connectivity index (χ3n) is 7.48. The first-order valence-corrected chi connectivity index (χ1v) is 13.0. The topological polar surface area (TPSA) is 58.9 Å². The summed E-state index contributed by atoms with van der Waals surface area (Å²) in [5.74, 6) is 1.23. The summed E-state index contributed by atoms with van der Waals surface area (Å²) in [4.78, 5) is 0. The van der Waals surface area contributed by atoms with Crippen LogP contribution in [-0.2, 0) is 9.47 Å². The second kappa shape index (κ2) is 16.5. The molecule has 0 aromatic carbocycles. The van der Waals surface area contributed by atoms with Crippen molar-refractivity contribution in [2.75, 3.05) is 13.2 Å². The van der Waals surface area contributed by atoms with Gasteiger partial charge in [0, 0.05) is 0 Å². The van der Waals surface area contributed by atoms with Crippen molar-refractivity contribution >= 4 is 0 Å². The zero-order valence-corrected chi connectivity index (χ0v) is 20.7. The molecule has 30 heavy (non-hydrogen) atoms. The van der Waals surface area contributed by atoms with E-state index in [1.165, 1.54) is 77.0 Å². The molecule has 1 aliphatic rings. The Bertz CT molecular complexity index is 400. The first kappa shape index (κ1) is 27.9. The lowest BCUT2D eigenvalue weighted by Gasteiger charge is -2.42. The van der Waals surface area contributed by atoms with Gasteiger partial charge in [0.15, 0.2) is 6.29 Å². The van der Waals surface area contributed by atoms with E-state index in [9.17, 15) is 10.2 Å². The predicted octanol–water partition coefficient (Wildman–Crippen LogP) is 6.33. The normalized spacial score (nSPS) is 29.1. The van der Waals surface area contributed by atoms with Crippen LogP contribution in [0.3, 0.4) is 0 Å². The van der Waals surface area contributed by atoms with Crippen molar-refractivity contribution < 1.29 is 19.7 Å². The molecule has 0 aromatic heterocycles. The molecule has 1 rings (SSSR count). The highest BCUT2D eigenvalue weighted by atomic mass is 16.7. The first-order valence-electron chi connectivity index (χ1n) is 13.0. The van der Waals surface area contributed by atoms with E-state index >= 15 is 0 Å². The summed E-state index contributed by atoms with van der Waals surface area (Å²) in [6, 6.07) is 0. The number of aliphatic hydroxyl groups excluding tert-OH is 2. The molecule has 1 aliphatic heterocycles. The van der Waals surface area contributed by atoms with Crippen LogP contribution in [0.5, 0.6) is 0 Å². The predicted molar refractivity (Wildman–Crippen MR) is 125 cm³/mol. The first-order chi connectivity index (χ1) is 14.4. The van der Waals surface area contributed by atoms with E-state index < -0.39 is 12.4 Å². The molecule has 2 N–H and O–H groups in total. The van der Waals surface area contributed by atoms with Crippen LogP contribution in [-0.4, -0.2) is 41.9 Å². The Morgan fingerprint density at radius 3 is 1.87 bits per heavy atom. The number of hydrogen-bond acceptors (Lipinski definition) is 4. The molecule has 4 nitrogen and oxygen atoms in total. The fraction of sp³-hybridized carbons (Fsp3) is 1.00. The standard InChI is InChI=1S/C26H52O4/c1-6-7-8-9-10-11-12-13-14-15-16-17-20(2)21(3)19-29-26-25(28)23(5)22(4)24(18-27)30-26/h20-28H,6-19H2,1-5H3/t20-,21?,22-,23?,24?,25?,26+/m1/s1. The van der Waals surface area contributed by atoms with Crippen LogP contribution in [0.2, 0.25) is 0 Å². The van der Waals surface area contributed by atoms with Gasteiger partial charge in [0.1, 0.15) is 6.10 Å². The van der Waals surface area contributed by atoms with Crippen molar-refractivity contribution in [3.63, 3.8) is 0 Å². The Kier molecular flexibility index (Phi) is 15.3. The summed E-state index contributed by atoms with van der Waals surface area (Å²) in [5.41, 5.74) is 0. The molecule has 7 atom stereocenters. The molecular weight excluding hydrogens is 376 g/mol. The second-order valence-electron chi connectivity index (χ2n) is 10.0. The van der Waals surface area contributed by atoms with Gasteiger partial charge >= 0.3 is 0 Å². The summed E-state index contributed by atoms with van der Waals surface area (Å²) < 4.78 is 11.8. The van der Waals surface area contributed by atoms with Gasteiger partial charge in [-0.25, -0.2) is 0 Å². The van der Waals surface area contributed by atoms with Crippen LogP contribution < -0.4 is 0 Å².